The summed E-state index contributed by atoms with van der Waals surface area (Å²) >= 11 is 0. The van der Waals surface area contributed by atoms with E-state index >= 15 is 0 Å². The lowest BCUT2D eigenvalue weighted by Crippen LogP contribution is -2.37. The van der Waals surface area contributed by atoms with E-state index in [9.17, 15) is 8.78 Å². The summed E-state index contributed by atoms with van der Waals surface area (Å²) in [6.45, 7) is -2.13. The van der Waals surface area contributed by atoms with Crippen molar-refractivity contribution in [3.8, 4) is 17.2 Å². The van der Waals surface area contributed by atoms with Crippen LogP contribution < -0.4 is 24.8 Å². The Balaban J connectivity index is 0.00000392. The minimum Gasteiger partial charge on any atom is -0.493 e. The largest absolute Gasteiger partial charge is 0.493 e. The molecule has 0 aliphatic rings. The highest BCUT2D eigenvalue weighted by Crippen LogP contribution is 2.38. The molecule has 1 aromatic carbocycles. The minimum atomic E-state index is -2.64. The lowest BCUT2D eigenvalue weighted by Gasteiger charge is -2.16. The molecule has 0 spiro atoms. The van der Waals surface area contributed by atoms with Gasteiger partial charge in [0.15, 0.2) is 17.5 Å². The van der Waals surface area contributed by atoms with Crippen molar-refractivity contribution in [1.29, 1.82) is 0 Å². The van der Waals surface area contributed by atoms with Gasteiger partial charge in [0, 0.05) is 26.0 Å². The number of hydrogen-bond acceptors (Lipinski definition) is 5. The van der Waals surface area contributed by atoms with Crippen molar-refractivity contribution in [1.82, 2.24) is 20.2 Å². The van der Waals surface area contributed by atoms with Gasteiger partial charge >= 0.3 is 6.55 Å². The van der Waals surface area contributed by atoms with E-state index in [1.165, 1.54) is 19.5 Å². The van der Waals surface area contributed by atoms with Gasteiger partial charge in [0.2, 0.25) is 5.75 Å². The molecule has 0 unspecified atom stereocenters. The Labute approximate surface area is 179 Å². The topological polar surface area (TPSA) is 81.9 Å². The number of ether oxygens (including phenoxy) is 3. The number of aromatic nitrogens is 2. The summed E-state index contributed by atoms with van der Waals surface area (Å²) in [5, 5.41) is 6.05. The maximum Gasteiger partial charge on any atom is 0.319 e. The van der Waals surface area contributed by atoms with Crippen LogP contribution in [-0.4, -0.2) is 43.9 Å². The Morgan fingerprint density at radius 1 is 1.11 bits per heavy atom. The highest BCUT2D eigenvalue weighted by Gasteiger charge is 2.14. The second-order valence-corrected chi connectivity index (χ2v) is 5.34. The normalized spacial score (nSPS) is 11.0. The minimum absolute atomic E-state index is 0. The molecule has 2 rings (SSSR count). The fourth-order valence-corrected chi connectivity index (χ4v) is 2.47. The molecule has 0 atom stereocenters. The highest BCUT2D eigenvalue weighted by atomic mass is 127. The van der Waals surface area contributed by atoms with Gasteiger partial charge in [-0.25, -0.2) is 4.98 Å². The molecular weight excluding hydrogens is 487 g/mol. The Morgan fingerprint density at radius 3 is 2.21 bits per heavy atom. The number of guanidine groups is 1. The lowest BCUT2D eigenvalue weighted by molar-refractivity contribution is 0.0668. The van der Waals surface area contributed by atoms with E-state index in [1.807, 2.05) is 12.1 Å². The highest BCUT2D eigenvalue weighted by molar-refractivity contribution is 14.0. The van der Waals surface area contributed by atoms with Gasteiger partial charge < -0.3 is 24.8 Å². The van der Waals surface area contributed by atoms with E-state index in [0.29, 0.717) is 29.8 Å². The molecule has 156 valence electrons. The van der Waals surface area contributed by atoms with Gasteiger partial charge in [0.1, 0.15) is 5.82 Å². The van der Waals surface area contributed by atoms with E-state index in [0.717, 1.165) is 10.1 Å². The predicted molar refractivity (Wildman–Crippen MR) is 112 cm³/mol. The monoisotopic (exact) mass is 511 g/mol. The van der Waals surface area contributed by atoms with Crippen LogP contribution in [0.1, 0.15) is 17.9 Å². The molecule has 0 bridgehead atoms. The number of rotatable bonds is 8. The van der Waals surface area contributed by atoms with Crippen molar-refractivity contribution in [3.05, 3.63) is 35.9 Å². The van der Waals surface area contributed by atoms with Gasteiger partial charge in [-0.2, -0.15) is 8.78 Å². The number of imidazole rings is 1. The lowest BCUT2D eigenvalue weighted by atomic mass is 10.2. The molecule has 1 aromatic heterocycles. The number of nitrogens with one attached hydrogen (secondary N) is 2. The van der Waals surface area contributed by atoms with E-state index in [4.69, 9.17) is 14.2 Å². The van der Waals surface area contributed by atoms with Crippen LogP contribution in [0.3, 0.4) is 0 Å². The summed E-state index contributed by atoms with van der Waals surface area (Å²) in [7, 11) is 6.21. The molecule has 8 nitrogen and oxygen atoms in total. The van der Waals surface area contributed by atoms with E-state index in [1.54, 1.807) is 21.3 Å². The Morgan fingerprint density at radius 2 is 1.71 bits per heavy atom. The third-order valence-corrected chi connectivity index (χ3v) is 3.78. The molecule has 2 aromatic rings. The van der Waals surface area contributed by atoms with Crippen LogP contribution in [0.15, 0.2) is 29.5 Å². The summed E-state index contributed by atoms with van der Waals surface area (Å²) in [5.74, 6) is 2.23. The first-order valence-corrected chi connectivity index (χ1v) is 8.07. The summed E-state index contributed by atoms with van der Waals surface area (Å²) < 4.78 is 42.4. The molecular formula is C17H24F2IN5O3. The average Bonchev–Trinajstić information content (AvgIpc) is 3.16. The van der Waals surface area contributed by atoms with E-state index < -0.39 is 6.55 Å². The van der Waals surface area contributed by atoms with E-state index in [-0.39, 0.29) is 36.3 Å². The molecule has 0 saturated heterocycles. The Kier molecular flexibility index (Phi) is 9.76. The third-order valence-electron chi connectivity index (χ3n) is 3.78. The second kappa shape index (κ2) is 11.5. The number of hydrogen-bond donors (Lipinski definition) is 2. The molecule has 0 aliphatic carbocycles. The maximum atomic E-state index is 12.9. The van der Waals surface area contributed by atoms with Crippen molar-refractivity contribution in [3.63, 3.8) is 0 Å². The van der Waals surface area contributed by atoms with Gasteiger partial charge in [0.05, 0.1) is 27.9 Å². The summed E-state index contributed by atoms with van der Waals surface area (Å²) in [6, 6.07) is 3.62. The fraction of sp³-hybridized carbons (Fsp3) is 0.412. The number of benzene rings is 1. The van der Waals surface area contributed by atoms with Crippen LogP contribution in [0.4, 0.5) is 8.78 Å². The van der Waals surface area contributed by atoms with Crippen molar-refractivity contribution in [2.24, 2.45) is 4.99 Å². The first-order chi connectivity index (χ1) is 13.0. The molecule has 1 heterocycles. The first-order valence-electron chi connectivity index (χ1n) is 8.07. The quantitative estimate of drug-likeness (QED) is 0.323. The molecule has 0 radical (unpaired) electrons. The summed E-state index contributed by atoms with van der Waals surface area (Å²) in [4.78, 5) is 8.00. The van der Waals surface area contributed by atoms with E-state index in [2.05, 4.69) is 20.6 Å². The van der Waals surface area contributed by atoms with Gasteiger partial charge in [-0.3, -0.25) is 9.56 Å². The van der Waals surface area contributed by atoms with Crippen LogP contribution in [0.2, 0.25) is 0 Å². The number of nitrogens with zero attached hydrogens (tertiary/aromatic N) is 3. The van der Waals surface area contributed by atoms with Gasteiger partial charge in [-0.05, 0) is 17.7 Å². The molecule has 2 N–H and O–H groups in total. The second-order valence-electron chi connectivity index (χ2n) is 5.34. The molecule has 0 fully saturated rings. The number of halogens is 3. The van der Waals surface area contributed by atoms with Gasteiger partial charge in [0.25, 0.3) is 0 Å². The van der Waals surface area contributed by atoms with Crippen molar-refractivity contribution >= 4 is 29.9 Å². The summed E-state index contributed by atoms with van der Waals surface area (Å²) in [6.07, 6.45) is 2.56. The molecule has 0 amide bonds. The van der Waals surface area contributed by atoms with Crippen molar-refractivity contribution in [2.75, 3.05) is 28.4 Å². The molecule has 28 heavy (non-hydrogen) atoms. The third kappa shape index (κ3) is 5.84. The number of aliphatic imine (C=N–C) groups is 1. The van der Waals surface area contributed by atoms with Crippen LogP contribution in [0.25, 0.3) is 0 Å². The zero-order valence-corrected chi connectivity index (χ0v) is 18.4. The zero-order valence-electron chi connectivity index (χ0n) is 16.0. The fourth-order valence-electron chi connectivity index (χ4n) is 2.47. The summed E-state index contributed by atoms with van der Waals surface area (Å²) in [5.41, 5.74) is 0.863. The first kappa shape index (κ1) is 23.7. The number of alkyl halides is 2. The predicted octanol–water partition coefficient (Wildman–Crippen LogP) is 2.79. The van der Waals surface area contributed by atoms with Crippen LogP contribution in [0.5, 0.6) is 17.2 Å². The maximum absolute atomic E-state index is 12.9. The molecule has 0 saturated carbocycles. The number of methoxy groups -OCH3 is 3. The molecule has 11 heteroatoms. The smallest absolute Gasteiger partial charge is 0.319 e. The van der Waals surface area contributed by atoms with Crippen LogP contribution >= 0.6 is 24.0 Å². The van der Waals surface area contributed by atoms with Gasteiger partial charge in [-0.1, -0.05) is 0 Å². The Hall–Kier alpha value is -2.31. The Bertz CT molecular complexity index is 761. The van der Waals surface area contributed by atoms with Crippen molar-refractivity contribution in [2.45, 2.75) is 19.6 Å². The van der Waals surface area contributed by atoms with Crippen molar-refractivity contribution < 1.29 is 23.0 Å². The van der Waals surface area contributed by atoms with Crippen LogP contribution in [-0.2, 0) is 13.1 Å². The average molecular weight is 511 g/mol. The van der Waals surface area contributed by atoms with Gasteiger partial charge in [-0.15, -0.1) is 24.0 Å². The van der Waals surface area contributed by atoms with Crippen LogP contribution in [0, 0.1) is 0 Å². The zero-order chi connectivity index (χ0) is 19.8. The SMILES string of the molecule is CN=C(NCc1cc(OC)c(OC)c(OC)c1)NCc1nccn1C(F)F.I. The molecule has 0 aliphatic heterocycles. The standard InChI is InChI=1S/C17H23F2N5O3.HI/c1-20-17(23-10-14-21-5-6-24(14)16(18)19)22-9-11-7-12(25-2)15(27-4)13(8-11)26-3;/h5-8,16H,9-10H2,1-4H3,(H2,20,22,23);1H.